The Morgan fingerprint density at radius 3 is 2.00 bits per heavy atom. The minimum Gasteiger partial charge on any atom is -0.381 e. The molecule has 0 aliphatic carbocycles. The Labute approximate surface area is 134 Å². The van der Waals surface area contributed by atoms with Crippen LogP contribution >= 0.6 is 0 Å². The molecule has 0 amide bonds. The number of aromatic nitrogens is 3. The molecule has 0 spiro atoms. The van der Waals surface area contributed by atoms with Crippen molar-refractivity contribution in [1.82, 2.24) is 15.0 Å². The van der Waals surface area contributed by atoms with Crippen LogP contribution in [0.2, 0.25) is 0 Å². The molecule has 0 aliphatic rings. The Hall–Kier alpha value is -2.67. The zero-order valence-corrected chi connectivity index (χ0v) is 13.6. The molecule has 0 saturated heterocycles. The summed E-state index contributed by atoms with van der Waals surface area (Å²) < 4.78 is 26.7. The lowest BCUT2D eigenvalue weighted by Crippen LogP contribution is -2.07. The Morgan fingerprint density at radius 1 is 0.913 bits per heavy atom. The molecule has 6 nitrogen and oxygen atoms in total. The van der Waals surface area contributed by atoms with Crippen LogP contribution in [-0.4, -0.2) is 23.4 Å². The minimum absolute atomic E-state index is 0.00516. The molecule has 118 valence electrons. The standard InChI is InChI=1S/C16H16N4O2S/c1-11-3-7-13(8-4-11)20-15(17)16(18-19-20)23(21,22)14-9-5-12(2)6-10-14/h3-10H,17H2,1-2H3. The van der Waals surface area contributed by atoms with Crippen LogP contribution in [0.4, 0.5) is 5.82 Å². The van der Waals surface area contributed by atoms with Gasteiger partial charge in [0.25, 0.3) is 0 Å². The van der Waals surface area contributed by atoms with Gasteiger partial charge in [-0.1, -0.05) is 40.6 Å². The van der Waals surface area contributed by atoms with E-state index in [2.05, 4.69) is 10.3 Å². The van der Waals surface area contributed by atoms with E-state index in [1.54, 1.807) is 12.1 Å². The molecule has 0 radical (unpaired) electrons. The van der Waals surface area contributed by atoms with E-state index in [0.29, 0.717) is 5.69 Å². The van der Waals surface area contributed by atoms with Crippen molar-refractivity contribution >= 4 is 15.7 Å². The number of nitrogens with zero attached hydrogens (tertiary/aromatic N) is 3. The first-order valence-corrected chi connectivity index (χ1v) is 8.48. The zero-order chi connectivity index (χ0) is 16.6. The Bertz CT molecular complexity index is 943. The topological polar surface area (TPSA) is 90.9 Å². The van der Waals surface area contributed by atoms with Gasteiger partial charge in [0.1, 0.15) is 0 Å². The van der Waals surface area contributed by atoms with Crippen LogP contribution in [0.5, 0.6) is 0 Å². The number of hydrogen-bond acceptors (Lipinski definition) is 5. The average molecular weight is 328 g/mol. The van der Waals surface area contributed by atoms with Gasteiger partial charge in [-0.2, -0.15) is 4.68 Å². The SMILES string of the molecule is Cc1ccc(-n2nnc(S(=O)(=O)c3ccc(C)cc3)c2N)cc1. The maximum atomic E-state index is 12.7. The van der Waals surface area contributed by atoms with Gasteiger partial charge in [-0.05, 0) is 38.1 Å². The van der Waals surface area contributed by atoms with Gasteiger partial charge in [0.05, 0.1) is 10.6 Å². The third-order valence-electron chi connectivity index (χ3n) is 3.54. The lowest BCUT2D eigenvalue weighted by molar-refractivity contribution is 0.592. The minimum atomic E-state index is -3.80. The lowest BCUT2D eigenvalue weighted by atomic mass is 10.2. The van der Waals surface area contributed by atoms with Crippen molar-refractivity contribution in [3.8, 4) is 5.69 Å². The second kappa shape index (κ2) is 5.51. The van der Waals surface area contributed by atoms with Crippen molar-refractivity contribution in [1.29, 1.82) is 0 Å². The summed E-state index contributed by atoms with van der Waals surface area (Å²) in [5.74, 6) is -0.00516. The van der Waals surface area contributed by atoms with E-state index in [1.165, 1.54) is 16.8 Å². The van der Waals surface area contributed by atoms with Gasteiger partial charge in [0.2, 0.25) is 14.9 Å². The summed E-state index contributed by atoms with van der Waals surface area (Å²) in [5, 5.41) is 7.44. The molecule has 0 saturated carbocycles. The highest BCUT2D eigenvalue weighted by Crippen LogP contribution is 2.25. The molecule has 2 N–H and O–H groups in total. The van der Waals surface area contributed by atoms with Crippen LogP contribution in [0, 0.1) is 13.8 Å². The van der Waals surface area contributed by atoms with Crippen LogP contribution in [0.15, 0.2) is 58.5 Å². The summed E-state index contributed by atoms with van der Waals surface area (Å²) in [6.07, 6.45) is 0. The number of rotatable bonds is 3. The smallest absolute Gasteiger partial charge is 0.229 e. The van der Waals surface area contributed by atoms with E-state index >= 15 is 0 Å². The number of hydrogen-bond donors (Lipinski definition) is 1. The van der Waals surface area contributed by atoms with Gasteiger partial charge in [0.15, 0.2) is 5.82 Å². The zero-order valence-electron chi connectivity index (χ0n) is 12.8. The van der Waals surface area contributed by atoms with Gasteiger partial charge < -0.3 is 5.73 Å². The van der Waals surface area contributed by atoms with E-state index in [0.717, 1.165) is 11.1 Å². The third-order valence-corrected chi connectivity index (χ3v) is 5.23. The van der Waals surface area contributed by atoms with E-state index < -0.39 is 9.84 Å². The van der Waals surface area contributed by atoms with Crippen molar-refractivity contribution in [2.75, 3.05) is 5.73 Å². The summed E-state index contributed by atoms with van der Waals surface area (Å²) in [4.78, 5) is 0.144. The molecule has 1 heterocycles. The van der Waals surface area contributed by atoms with Crippen molar-refractivity contribution in [3.05, 3.63) is 59.7 Å². The van der Waals surface area contributed by atoms with Crippen molar-refractivity contribution in [2.45, 2.75) is 23.8 Å². The summed E-state index contributed by atoms with van der Waals surface area (Å²) in [5.41, 5.74) is 8.70. The quantitative estimate of drug-likeness (QED) is 0.796. The molecule has 1 aromatic heterocycles. The second-order valence-corrected chi connectivity index (χ2v) is 7.21. The van der Waals surface area contributed by atoms with Crippen LogP contribution in [0.3, 0.4) is 0 Å². The predicted molar refractivity (Wildman–Crippen MR) is 87.1 cm³/mol. The number of sulfone groups is 1. The number of benzene rings is 2. The molecule has 23 heavy (non-hydrogen) atoms. The molecule has 0 fully saturated rings. The Kier molecular flexibility index (Phi) is 3.65. The number of nitrogens with two attached hydrogens (primary N) is 1. The average Bonchev–Trinajstić information content (AvgIpc) is 2.91. The van der Waals surface area contributed by atoms with Gasteiger partial charge in [-0.25, -0.2) is 8.42 Å². The molecule has 0 aliphatic heterocycles. The van der Waals surface area contributed by atoms with Gasteiger partial charge in [0, 0.05) is 0 Å². The first-order valence-electron chi connectivity index (χ1n) is 6.99. The molecule has 2 aromatic carbocycles. The van der Waals surface area contributed by atoms with Crippen molar-refractivity contribution < 1.29 is 8.42 Å². The molecule has 7 heteroatoms. The molecular formula is C16H16N4O2S. The number of anilines is 1. The van der Waals surface area contributed by atoms with Crippen LogP contribution < -0.4 is 5.73 Å². The lowest BCUT2D eigenvalue weighted by Gasteiger charge is -2.05. The molecule has 0 unspecified atom stereocenters. The Balaban J connectivity index is 2.08. The van der Waals surface area contributed by atoms with Crippen LogP contribution in [0.25, 0.3) is 5.69 Å². The molecule has 0 atom stereocenters. The Morgan fingerprint density at radius 2 is 1.43 bits per heavy atom. The highest BCUT2D eigenvalue weighted by atomic mass is 32.2. The number of nitrogen functional groups attached to an aromatic ring is 1. The van der Waals surface area contributed by atoms with Crippen LogP contribution in [0.1, 0.15) is 11.1 Å². The molecular weight excluding hydrogens is 312 g/mol. The first kappa shape index (κ1) is 15.2. The van der Waals surface area contributed by atoms with Crippen LogP contribution in [-0.2, 0) is 9.84 Å². The van der Waals surface area contributed by atoms with E-state index in [4.69, 9.17) is 5.73 Å². The molecule has 3 aromatic rings. The monoisotopic (exact) mass is 328 g/mol. The highest BCUT2D eigenvalue weighted by Gasteiger charge is 2.26. The third kappa shape index (κ3) is 2.70. The molecule has 0 bridgehead atoms. The van der Waals surface area contributed by atoms with Crippen molar-refractivity contribution in [3.63, 3.8) is 0 Å². The maximum Gasteiger partial charge on any atom is 0.229 e. The summed E-state index contributed by atoms with van der Waals surface area (Å²) in [7, 11) is -3.80. The van der Waals surface area contributed by atoms with E-state index in [-0.39, 0.29) is 15.7 Å². The first-order chi connectivity index (χ1) is 10.9. The summed E-state index contributed by atoms with van der Waals surface area (Å²) >= 11 is 0. The fourth-order valence-corrected chi connectivity index (χ4v) is 3.40. The van der Waals surface area contributed by atoms with E-state index in [1.807, 2.05) is 38.1 Å². The largest absolute Gasteiger partial charge is 0.381 e. The van der Waals surface area contributed by atoms with Gasteiger partial charge in [-0.15, -0.1) is 5.10 Å². The van der Waals surface area contributed by atoms with Crippen molar-refractivity contribution in [2.24, 2.45) is 0 Å². The summed E-state index contributed by atoms with van der Waals surface area (Å²) in [6, 6.07) is 13.9. The highest BCUT2D eigenvalue weighted by molar-refractivity contribution is 7.91. The second-order valence-electron chi connectivity index (χ2n) is 5.34. The maximum absolute atomic E-state index is 12.7. The van der Waals surface area contributed by atoms with E-state index in [9.17, 15) is 8.42 Å². The fourth-order valence-electron chi connectivity index (χ4n) is 2.17. The van der Waals surface area contributed by atoms with Gasteiger partial charge >= 0.3 is 0 Å². The molecule has 3 rings (SSSR count). The normalized spacial score (nSPS) is 11.6. The summed E-state index contributed by atoms with van der Waals surface area (Å²) in [6.45, 7) is 3.85. The number of aryl methyl sites for hydroxylation is 2. The fraction of sp³-hybridized carbons (Fsp3) is 0.125. The van der Waals surface area contributed by atoms with Gasteiger partial charge in [-0.3, -0.25) is 0 Å². The predicted octanol–water partition coefficient (Wildman–Crippen LogP) is 2.30.